The van der Waals surface area contributed by atoms with Crippen LogP contribution in [0, 0.1) is 5.92 Å². The van der Waals surface area contributed by atoms with E-state index in [1.165, 1.54) is 0 Å². The van der Waals surface area contributed by atoms with E-state index in [1.807, 2.05) is 20.8 Å². The van der Waals surface area contributed by atoms with Crippen LogP contribution in [-0.4, -0.2) is 70.5 Å². The zero-order valence-corrected chi connectivity index (χ0v) is 13.3. The molecular weight excluding hydrogens is 270 g/mol. The summed E-state index contributed by atoms with van der Waals surface area (Å²) < 4.78 is 5.36. The molecule has 4 rings (SSSR count). The number of amides is 1. The molecule has 3 N–H and O–H groups in total. The average Bonchev–Trinajstić information content (AvgIpc) is 2.33. The molecule has 0 spiro atoms. The lowest BCUT2D eigenvalue weighted by Crippen LogP contribution is -2.84. The van der Waals surface area contributed by atoms with E-state index in [2.05, 4.69) is 4.90 Å². The first-order chi connectivity index (χ1) is 9.63. The predicted octanol–water partition coefficient (Wildman–Crippen LogP) is 0.391. The number of piperidine rings is 3. The number of carbonyl (C=O) groups is 1. The number of rotatable bonds is 1. The van der Waals surface area contributed by atoms with Gasteiger partial charge < -0.3 is 25.4 Å². The normalized spacial score (nSPS) is 38.0. The maximum absolute atomic E-state index is 12.0. The number of nitrogens with zero attached hydrogens (tertiary/aromatic N) is 2. The standard InChI is InChI=1S/C15H27N3O3/c1-13(2,3)21-12(19)18-8-14(16,9-18)15(20)10-17-6-4-11(15)5-7-17/h11,20H,4-10,16H2,1-3H3. The molecule has 1 amide bonds. The number of aliphatic hydroxyl groups is 1. The number of hydrogen-bond acceptors (Lipinski definition) is 5. The zero-order chi connectivity index (χ0) is 15.5. The van der Waals surface area contributed by atoms with E-state index in [-0.39, 0.29) is 12.0 Å². The fourth-order valence-corrected chi connectivity index (χ4v) is 3.97. The topological polar surface area (TPSA) is 79.0 Å². The van der Waals surface area contributed by atoms with Crippen molar-refractivity contribution in [3.8, 4) is 0 Å². The number of carbonyl (C=O) groups excluding carboxylic acids is 1. The molecule has 6 heteroatoms. The van der Waals surface area contributed by atoms with Gasteiger partial charge in [0.05, 0.1) is 5.54 Å². The van der Waals surface area contributed by atoms with Crippen molar-refractivity contribution in [2.45, 2.75) is 50.4 Å². The minimum absolute atomic E-state index is 0.258. The quantitative estimate of drug-likeness (QED) is 0.732. The summed E-state index contributed by atoms with van der Waals surface area (Å²) in [6.07, 6.45) is 1.66. The molecule has 4 heterocycles. The molecule has 0 radical (unpaired) electrons. The van der Waals surface area contributed by atoms with Crippen LogP contribution < -0.4 is 5.73 Å². The van der Waals surface area contributed by atoms with Crippen molar-refractivity contribution in [1.82, 2.24) is 9.80 Å². The monoisotopic (exact) mass is 297 g/mol. The van der Waals surface area contributed by atoms with E-state index in [0.29, 0.717) is 19.6 Å². The lowest BCUT2D eigenvalue weighted by molar-refractivity contribution is -0.186. The van der Waals surface area contributed by atoms with E-state index in [0.717, 1.165) is 25.9 Å². The molecule has 0 aromatic heterocycles. The molecule has 0 aromatic carbocycles. The highest BCUT2D eigenvalue weighted by molar-refractivity contribution is 5.70. The minimum atomic E-state index is -0.873. The van der Waals surface area contributed by atoms with Crippen molar-refractivity contribution in [3.63, 3.8) is 0 Å². The molecule has 0 saturated carbocycles. The lowest BCUT2D eigenvalue weighted by Gasteiger charge is -2.62. The second kappa shape index (κ2) is 4.57. The Morgan fingerprint density at radius 1 is 1.24 bits per heavy atom. The Hall–Kier alpha value is -0.850. The van der Waals surface area contributed by atoms with Crippen LogP contribution >= 0.6 is 0 Å². The lowest BCUT2D eigenvalue weighted by atomic mass is 9.62. The summed E-state index contributed by atoms with van der Waals surface area (Å²) in [6.45, 7) is 9.05. The summed E-state index contributed by atoms with van der Waals surface area (Å²) >= 11 is 0. The highest BCUT2D eigenvalue weighted by atomic mass is 16.6. The van der Waals surface area contributed by atoms with E-state index in [9.17, 15) is 9.90 Å². The molecule has 2 bridgehead atoms. The Morgan fingerprint density at radius 2 is 1.81 bits per heavy atom. The molecule has 0 aromatic rings. The van der Waals surface area contributed by atoms with Crippen molar-refractivity contribution in [3.05, 3.63) is 0 Å². The van der Waals surface area contributed by atoms with Crippen molar-refractivity contribution in [2.24, 2.45) is 11.7 Å². The van der Waals surface area contributed by atoms with Crippen LogP contribution in [0.3, 0.4) is 0 Å². The predicted molar refractivity (Wildman–Crippen MR) is 78.8 cm³/mol. The Balaban J connectivity index is 1.65. The van der Waals surface area contributed by atoms with E-state index in [4.69, 9.17) is 10.5 Å². The molecule has 1 unspecified atom stereocenters. The third kappa shape index (κ3) is 2.43. The Bertz CT molecular complexity index is 434. The summed E-state index contributed by atoms with van der Waals surface area (Å²) in [6, 6.07) is 0. The Kier molecular flexibility index (Phi) is 3.28. The van der Waals surface area contributed by atoms with E-state index < -0.39 is 16.7 Å². The molecular formula is C15H27N3O3. The number of nitrogens with two attached hydrogens (primary N) is 1. The second-order valence-electron chi connectivity index (χ2n) is 7.97. The second-order valence-corrected chi connectivity index (χ2v) is 7.97. The maximum atomic E-state index is 12.0. The first kappa shape index (κ1) is 15.1. The van der Waals surface area contributed by atoms with Crippen LogP contribution in [0.1, 0.15) is 33.6 Å². The third-order valence-electron chi connectivity index (χ3n) is 5.19. The largest absolute Gasteiger partial charge is 0.444 e. The number of likely N-dealkylation sites (tertiary alicyclic amines) is 1. The van der Waals surface area contributed by atoms with Crippen LogP contribution in [0.2, 0.25) is 0 Å². The molecule has 1 atom stereocenters. The first-order valence-electron chi connectivity index (χ1n) is 7.85. The van der Waals surface area contributed by atoms with Gasteiger partial charge in [0, 0.05) is 19.6 Å². The third-order valence-corrected chi connectivity index (χ3v) is 5.19. The molecule has 6 nitrogen and oxygen atoms in total. The van der Waals surface area contributed by atoms with Gasteiger partial charge in [-0.25, -0.2) is 4.79 Å². The van der Waals surface area contributed by atoms with Gasteiger partial charge in [0.2, 0.25) is 0 Å². The van der Waals surface area contributed by atoms with Crippen molar-refractivity contribution >= 4 is 6.09 Å². The summed E-state index contributed by atoms with van der Waals surface area (Å²) in [7, 11) is 0. The van der Waals surface area contributed by atoms with E-state index in [1.54, 1.807) is 4.90 Å². The van der Waals surface area contributed by atoms with Gasteiger partial charge in [0.1, 0.15) is 11.2 Å². The molecule has 120 valence electrons. The first-order valence-corrected chi connectivity index (χ1v) is 7.85. The highest BCUT2D eigenvalue weighted by Crippen LogP contribution is 2.44. The maximum Gasteiger partial charge on any atom is 0.410 e. The summed E-state index contributed by atoms with van der Waals surface area (Å²) in [5.74, 6) is 0.258. The minimum Gasteiger partial charge on any atom is -0.444 e. The molecule has 4 saturated heterocycles. The number of ether oxygens (including phenoxy) is 1. The van der Waals surface area contributed by atoms with Crippen molar-refractivity contribution < 1.29 is 14.6 Å². The molecule has 4 aliphatic rings. The van der Waals surface area contributed by atoms with Gasteiger partial charge in [-0.3, -0.25) is 0 Å². The van der Waals surface area contributed by atoms with Gasteiger partial charge in [-0.1, -0.05) is 0 Å². The van der Waals surface area contributed by atoms with Crippen molar-refractivity contribution in [2.75, 3.05) is 32.7 Å². The van der Waals surface area contributed by atoms with Crippen LogP contribution in [0.15, 0.2) is 0 Å². The van der Waals surface area contributed by atoms with Crippen LogP contribution in [0.4, 0.5) is 4.79 Å². The summed E-state index contributed by atoms with van der Waals surface area (Å²) in [5.41, 5.74) is 4.39. The Morgan fingerprint density at radius 3 is 2.24 bits per heavy atom. The van der Waals surface area contributed by atoms with Gasteiger partial charge >= 0.3 is 6.09 Å². The van der Waals surface area contributed by atoms with Gasteiger partial charge in [-0.2, -0.15) is 0 Å². The van der Waals surface area contributed by atoms with Crippen LogP contribution in [-0.2, 0) is 4.74 Å². The summed E-state index contributed by atoms with van der Waals surface area (Å²) in [4.78, 5) is 15.9. The van der Waals surface area contributed by atoms with Crippen LogP contribution in [0.5, 0.6) is 0 Å². The van der Waals surface area contributed by atoms with Gasteiger partial charge in [0.15, 0.2) is 0 Å². The van der Waals surface area contributed by atoms with Gasteiger partial charge in [-0.05, 0) is 52.6 Å². The molecule has 4 fully saturated rings. The fourth-order valence-electron chi connectivity index (χ4n) is 3.97. The number of fused-ring (bicyclic) bond motifs is 3. The van der Waals surface area contributed by atoms with Crippen LogP contribution in [0.25, 0.3) is 0 Å². The summed E-state index contributed by atoms with van der Waals surface area (Å²) in [5, 5.41) is 11.1. The average molecular weight is 297 g/mol. The van der Waals surface area contributed by atoms with E-state index >= 15 is 0 Å². The fraction of sp³-hybridized carbons (Fsp3) is 0.933. The Labute approximate surface area is 126 Å². The van der Waals surface area contributed by atoms with Gasteiger partial charge in [-0.15, -0.1) is 0 Å². The highest BCUT2D eigenvalue weighted by Gasteiger charge is 2.62. The zero-order valence-electron chi connectivity index (χ0n) is 13.3. The van der Waals surface area contributed by atoms with Crippen molar-refractivity contribution in [1.29, 1.82) is 0 Å². The molecule has 4 aliphatic heterocycles. The smallest absolute Gasteiger partial charge is 0.410 e. The SMILES string of the molecule is CC(C)(C)OC(=O)N1CC(N)(C2(O)CN3CCC2CC3)C1. The molecule has 21 heavy (non-hydrogen) atoms. The number of hydrogen-bond donors (Lipinski definition) is 2. The van der Waals surface area contributed by atoms with Gasteiger partial charge in [0.25, 0.3) is 0 Å². The molecule has 0 aliphatic carbocycles.